The Bertz CT molecular complexity index is 1480. The van der Waals surface area contributed by atoms with Crippen LogP contribution < -0.4 is 14.8 Å². The average Bonchev–Trinajstić information content (AvgIpc) is 3.25. The van der Waals surface area contributed by atoms with Gasteiger partial charge in [-0.1, -0.05) is 43.5 Å². The maximum Gasteiger partial charge on any atom is 0.229 e. The Hall–Kier alpha value is -3.07. The predicted octanol–water partition coefficient (Wildman–Crippen LogP) is 5.44. The molecular formula is C29H35N3O4S. The van der Waals surface area contributed by atoms with Crippen molar-refractivity contribution in [1.29, 1.82) is 0 Å². The van der Waals surface area contributed by atoms with Crippen molar-refractivity contribution in [2.45, 2.75) is 44.1 Å². The Morgan fingerprint density at radius 2 is 1.76 bits per heavy atom. The second kappa shape index (κ2) is 11.1. The molecule has 7 nitrogen and oxygen atoms in total. The van der Waals surface area contributed by atoms with E-state index in [4.69, 9.17) is 4.74 Å². The number of nitrogens with one attached hydrogen (secondary N) is 3. The van der Waals surface area contributed by atoms with Gasteiger partial charge in [0.05, 0.1) is 17.9 Å². The molecule has 1 atom stereocenters. The van der Waals surface area contributed by atoms with Crippen LogP contribution in [-0.2, 0) is 10.0 Å². The number of hydrogen-bond acceptors (Lipinski definition) is 5. The molecule has 0 radical (unpaired) electrons. The van der Waals surface area contributed by atoms with Gasteiger partial charge in [0.25, 0.3) is 0 Å². The number of fused-ring (bicyclic) bond motifs is 3. The van der Waals surface area contributed by atoms with Gasteiger partial charge in [0, 0.05) is 41.1 Å². The van der Waals surface area contributed by atoms with Crippen LogP contribution >= 0.6 is 0 Å². The first-order chi connectivity index (χ1) is 17.9. The number of H-pyrrole nitrogens is 1. The molecule has 196 valence electrons. The third kappa shape index (κ3) is 6.44. The number of ether oxygens (including phenoxy) is 1. The number of rotatable bonds is 10. The molecule has 5 rings (SSSR count). The maximum atomic E-state index is 11.4. The molecule has 0 unspecified atom stereocenters. The largest absolute Gasteiger partial charge is 0.492 e. The van der Waals surface area contributed by atoms with Crippen molar-refractivity contribution in [3.05, 3.63) is 71.8 Å². The fourth-order valence-corrected chi connectivity index (χ4v) is 5.86. The highest BCUT2D eigenvalue weighted by Gasteiger charge is 2.17. The molecule has 0 amide bonds. The molecule has 1 fully saturated rings. The van der Waals surface area contributed by atoms with Crippen molar-refractivity contribution in [2.24, 2.45) is 0 Å². The second-order valence-electron chi connectivity index (χ2n) is 10.0. The standard InChI is InChI=1S/C29H35N3O4S/c1-37(34,35)32-23-9-5-8-22(16-23)29(33)19-30-14-15-36-24-11-13-26-25-12-10-21(20-6-3-2-4-7-20)17-27(25)31-28(26)18-24/h5,8-13,16-18,20,29-33H,2-4,6-7,14-15,19H2,1H3/t29-/m0/s1. The number of aliphatic hydroxyl groups excluding tert-OH is 1. The van der Waals surface area contributed by atoms with Crippen molar-refractivity contribution in [3.8, 4) is 5.75 Å². The lowest BCUT2D eigenvalue weighted by Crippen LogP contribution is -2.26. The first-order valence-corrected chi connectivity index (χ1v) is 14.9. The van der Waals surface area contributed by atoms with Gasteiger partial charge in [0.1, 0.15) is 12.4 Å². The van der Waals surface area contributed by atoms with Crippen molar-refractivity contribution in [3.63, 3.8) is 0 Å². The highest BCUT2D eigenvalue weighted by atomic mass is 32.2. The number of aliphatic hydroxyl groups is 1. The summed E-state index contributed by atoms with van der Waals surface area (Å²) in [6, 6.07) is 19.8. The molecule has 8 heteroatoms. The van der Waals surface area contributed by atoms with Crippen LogP contribution in [-0.4, -0.2) is 44.5 Å². The van der Waals surface area contributed by atoms with Gasteiger partial charge in [-0.15, -0.1) is 0 Å². The SMILES string of the molecule is CS(=O)(=O)Nc1cccc([C@@H](O)CNCCOc2ccc3c(c2)[nH]c2cc(C4CCCCC4)ccc23)c1. The molecule has 1 aromatic heterocycles. The topological polar surface area (TPSA) is 103 Å². The van der Waals surface area contributed by atoms with Gasteiger partial charge in [-0.25, -0.2) is 8.42 Å². The monoisotopic (exact) mass is 521 g/mol. The van der Waals surface area contributed by atoms with Crippen LogP contribution in [0.25, 0.3) is 21.8 Å². The molecule has 1 heterocycles. The number of sulfonamides is 1. The molecule has 0 aliphatic heterocycles. The van der Waals surface area contributed by atoms with Crippen molar-refractivity contribution >= 4 is 37.5 Å². The highest BCUT2D eigenvalue weighted by molar-refractivity contribution is 7.92. The van der Waals surface area contributed by atoms with E-state index in [0.29, 0.717) is 36.9 Å². The minimum absolute atomic E-state index is 0.329. The third-order valence-corrected chi connectivity index (χ3v) is 7.74. The van der Waals surface area contributed by atoms with E-state index in [1.807, 2.05) is 12.1 Å². The van der Waals surface area contributed by atoms with Crippen LogP contribution in [0, 0.1) is 0 Å². The van der Waals surface area contributed by atoms with Crippen molar-refractivity contribution < 1.29 is 18.3 Å². The minimum Gasteiger partial charge on any atom is -0.492 e. The zero-order chi connectivity index (χ0) is 25.8. The summed E-state index contributed by atoms with van der Waals surface area (Å²) in [5, 5.41) is 16.1. The van der Waals surface area contributed by atoms with E-state index in [-0.39, 0.29) is 0 Å². The van der Waals surface area contributed by atoms with E-state index in [9.17, 15) is 13.5 Å². The van der Waals surface area contributed by atoms with Crippen molar-refractivity contribution in [2.75, 3.05) is 30.7 Å². The molecule has 4 aromatic rings. The fraction of sp³-hybridized carbons (Fsp3) is 0.379. The molecule has 1 aliphatic carbocycles. The lowest BCUT2D eigenvalue weighted by molar-refractivity contribution is 0.172. The van der Waals surface area contributed by atoms with Gasteiger partial charge in [0.2, 0.25) is 10.0 Å². The summed E-state index contributed by atoms with van der Waals surface area (Å²) < 4.78 is 31.2. The Labute approximate surface area is 218 Å². The summed E-state index contributed by atoms with van der Waals surface area (Å²) in [7, 11) is -3.36. The van der Waals surface area contributed by atoms with E-state index in [2.05, 4.69) is 39.3 Å². The molecule has 37 heavy (non-hydrogen) atoms. The van der Waals surface area contributed by atoms with E-state index in [1.165, 1.54) is 54.0 Å². The summed E-state index contributed by atoms with van der Waals surface area (Å²) in [5.74, 6) is 1.48. The van der Waals surface area contributed by atoms with Gasteiger partial charge in [-0.3, -0.25) is 4.72 Å². The second-order valence-corrected chi connectivity index (χ2v) is 11.8. The minimum atomic E-state index is -3.36. The third-order valence-electron chi connectivity index (χ3n) is 7.13. The van der Waals surface area contributed by atoms with Crippen LogP contribution in [0.15, 0.2) is 60.7 Å². The number of hydrogen-bond donors (Lipinski definition) is 4. The Morgan fingerprint density at radius 1 is 1.00 bits per heavy atom. The van der Waals surface area contributed by atoms with Crippen molar-refractivity contribution in [1.82, 2.24) is 10.3 Å². The number of aromatic nitrogens is 1. The zero-order valence-corrected chi connectivity index (χ0v) is 22.0. The maximum absolute atomic E-state index is 11.4. The molecule has 0 saturated heterocycles. The summed E-state index contributed by atoms with van der Waals surface area (Å²) in [4.78, 5) is 3.58. The highest BCUT2D eigenvalue weighted by Crippen LogP contribution is 2.36. The first-order valence-electron chi connectivity index (χ1n) is 13.0. The number of anilines is 1. The number of benzene rings is 3. The van der Waals surface area contributed by atoms with Crippen LogP contribution in [0.1, 0.15) is 55.3 Å². The van der Waals surface area contributed by atoms with E-state index < -0.39 is 16.1 Å². The summed E-state index contributed by atoms with van der Waals surface area (Å²) in [5.41, 5.74) is 4.76. The lowest BCUT2D eigenvalue weighted by atomic mass is 9.84. The molecule has 3 aromatic carbocycles. The van der Waals surface area contributed by atoms with Gasteiger partial charge in [-0.2, -0.15) is 0 Å². The average molecular weight is 522 g/mol. The van der Waals surface area contributed by atoms with Crippen LogP contribution in [0.2, 0.25) is 0 Å². The Morgan fingerprint density at radius 3 is 2.54 bits per heavy atom. The lowest BCUT2D eigenvalue weighted by Gasteiger charge is -2.21. The first kappa shape index (κ1) is 25.6. The smallest absolute Gasteiger partial charge is 0.229 e. The van der Waals surface area contributed by atoms with Crippen LogP contribution in [0.4, 0.5) is 5.69 Å². The van der Waals surface area contributed by atoms with Crippen LogP contribution in [0.5, 0.6) is 5.75 Å². The van der Waals surface area contributed by atoms with E-state index in [1.54, 1.807) is 24.3 Å². The quantitative estimate of drug-likeness (QED) is 0.208. The molecule has 4 N–H and O–H groups in total. The summed E-state index contributed by atoms with van der Waals surface area (Å²) in [6.45, 7) is 1.35. The fourth-order valence-electron chi connectivity index (χ4n) is 5.31. The molecule has 0 bridgehead atoms. The van der Waals surface area contributed by atoms with Gasteiger partial charge in [-0.05, 0) is 60.2 Å². The van der Waals surface area contributed by atoms with E-state index >= 15 is 0 Å². The van der Waals surface area contributed by atoms with Gasteiger partial charge < -0.3 is 20.1 Å². The van der Waals surface area contributed by atoms with Gasteiger partial charge in [0.15, 0.2) is 0 Å². The van der Waals surface area contributed by atoms with E-state index in [0.717, 1.165) is 17.5 Å². The van der Waals surface area contributed by atoms with Crippen LogP contribution in [0.3, 0.4) is 0 Å². The molecule has 1 aliphatic rings. The normalized spacial score (nSPS) is 15.7. The summed E-state index contributed by atoms with van der Waals surface area (Å²) >= 11 is 0. The number of aromatic amines is 1. The Balaban J connectivity index is 1.14. The van der Waals surface area contributed by atoms with Gasteiger partial charge >= 0.3 is 0 Å². The molecular weight excluding hydrogens is 486 g/mol. The molecule has 1 saturated carbocycles. The predicted molar refractivity (Wildman–Crippen MR) is 150 cm³/mol. The zero-order valence-electron chi connectivity index (χ0n) is 21.2. The molecule has 0 spiro atoms. The Kier molecular flexibility index (Phi) is 7.69. The summed E-state index contributed by atoms with van der Waals surface area (Å²) in [6.07, 6.45) is 6.95.